The molecule has 3 aromatic rings. The Hall–Kier alpha value is -2.64. The Labute approximate surface area is 208 Å². The van der Waals surface area contributed by atoms with Gasteiger partial charge in [0.1, 0.15) is 5.75 Å². The summed E-state index contributed by atoms with van der Waals surface area (Å²) in [5.41, 5.74) is 1.54. The predicted octanol–water partition coefficient (Wildman–Crippen LogP) is 5.22. The normalized spacial score (nSPS) is 17.8. The lowest BCUT2D eigenvalue weighted by molar-refractivity contribution is -0.138. The Bertz CT molecular complexity index is 1160. The molecule has 0 unspecified atom stereocenters. The molecule has 0 spiro atoms. The summed E-state index contributed by atoms with van der Waals surface area (Å²) in [7, 11) is 1.55. The van der Waals surface area contributed by atoms with Crippen LogP contribution in [0.15, 0.2) is 42.5 Å². The van der Waals surface area contributed by atoms with E-state index in [1.165, 1.54) is 9.71 Å². The maximum absolute atomic E-state index is 13.2. The number of piperidine rings is 2. The monoisotopic (exact) mass is 497 g/mol. The molecule has 8 heteroatoms. The quantitative estimate of drug-likeness (QED) is 0.496. The van der Waals surface area contributed by atoms with Crippen molar-refractivity contribution < 1.29 is 14.3 Å². The van der Waals surface area contributed by atoms with Gasteiger partial charge in [-0.05, 0) is 56.0 Å². The molecule has 6 nitrogen and oxygen atoms in total. The molecule has 0 N–H and O–H groups in total. The molecular formula is C26H28ClN3O3S. The van der Waals surface area contributed by atoms with E-state index in [9.17, 15) is 9.59 Å². The number of likely N-dealkylation sites (tertiary alicyclic amines) is 2. The van der Waals surface area contributed by atoms with Crippen LogP contribution in [-0.2, 0) is 4.79 Å². The third kappa shape index (κ3) is 4.64. The van der Waals surface area contributed by atoms with Crippen LogP contribution in [0.4, 0.5) is 0 Å². The summed E-state index contributed by atoms with van der Waals surface area (Å²) in [6.45, 7) is 2.68. The number of amides is 2. The summed E-state index contributed by atoms with van der Waals surface area (Å²) in [5.74, 6) is 1.05. The average molecular weight is 498 g/mol. The first-order valence-corrected chi connectivity index (χ1v) is 13.0. The Morgan fingerprint density at radius 2 is 1.71 bits per heavy atom. The zero-order chi connectivity index (χ0) is 23.7. The van der Waals surface area contributed by atoms with Gasteiger partial charge in [-0.3, -0.25) is 9.59 Å². The number of halogens is 1. The number of hydrogen-bond donors (Lipinski definition) is 0. The lowest BCUT2D eigenvalue weighted by Gasteiger charge is -2.37. The van der Waals surface area contributed by atoms with E-state index >= 15 is 0 Å². The molecule has 178 valence electrons. The van der Waals surface area contributed by atoms with Gasteiger partial charge in [0.2, 0.25) is 5.91 Å². The van der Waals surface area contributed by atoms with E-state index < -0.39 is 0 Å². The van der Waals surface area contributed by atoms with Crippen LogP contribution in [-0.4, -0.2) is 59.9 Å². The molecule has 0 aliphatic carbocycles. The number of para-hydroxylation sites is 1. The molecule has 1 aromatic heterocycles. The molecule has 2 amide bonds. The molecule has 0 bridgehead atoms. The molecule has 0 saturated carbocycles. The third-order valence-electron chi connectivity index (χ3n) is 6.99. The first kappa shape index (κ1) is 23.1. The molecule has 2 aliphatic heterocycles. The Morgan fingerprint density at radius 1 is 1.00 bits per heavy atom. The molecule has 3 heterocycles. The summed E-state index contributed by atoms with van der Waals surface area (Å²) in [5, 5.41) is 1.69. The summed E-state index contributed by atoms with van der Waals surface area (Å²) in [6.07, 6.45) is 3.28. The van der Waals surface area contributed by atoms with Crippen LogP contribution in [0.5, 0.6) is 5.75 Å². The van der Waals surface area contributed by atoms with Crippen LogP contribution in [0.25, 0.3) is 10.2 Å². The minimum atomic E-state index is -0.0955. The van der Waals surface area contributed by atoms with E-state index in [1.54, 1.807) is 41.5 Å². The van der Waals surface area contributed by atoms with Crippen LogP contribution in [0.3, 0.4) is 0 Å². The number of hydrogen-bond acceptors (Lipinski definition) is 5. The summed E-state index contributed by atoms with van der Waals surface area (Å²) in [6, 6.07) is 13.3. The second-order valence-corrected chi connectivity index (χ2v) is 10.5. The van der Waals surface area contributed by atoms with E-state index in [4.69, 9.17) is 21.3 Å². The number of carbonyl (C=O) groups excluding carboxylic acids is 2. The van der Waals surface area contributed by atoms with Gasteiger partial charge in [0.05, 0.1) is 27.9 Å². The van der Waals surface area contributed by atoms with E-state index in [0.717, 1.165) is 31.4 Å². The van der Waals surface area contributed by atoms with Gasteiger partial charge in [-0.1, -0.05) is 23.7 Å². The Balaban J connectivity index is 1.15. The van der Waals surface area contributed by atoms with E-state index in [-0.39, 0.29) is 17.7 Å². The van der Waals surface area contributed by atoms with Gasteiger partial charge in [0.15, 0.2) is 0 Å². The molecule has 5 rings (SSSR count). The predicted molar refractivity (Wildman–Crippen MR) is 135 cm³/mol. The maximum Gasteiger partial charge on any atom is 0.257 e. The number of carbonyl (C=O) groups is 2. The minimum Gasteiger partial charge on any atom is -0.496 e. The second kappa shape index (κ2) is 9.92. The highest BCUT2D eigenvalue weighted by atomic mass is 35.5. The average Bonchev–Trinajstić information content (AvgIpc) is 3.32. The Kier molecular flexibility index (Phi) is 6.75. The highest BCUT2D eigenvalue weighted by Crippen LogP contribution is 2.35. The van der Waals surface area contributed by atoms with Crippen molar-refractivity contribution in [3.63, 3.8) is 0 Å². The number of methoxy groups -OCH3 is 1. The van der Waals surface area contributed by atoms with E-state index in [0.29, 0.717) is 48.2 Å². The van der Waals surface area contributed by atoms with Crippen LogP contribution in [0, 0.1) is 5.92 Å². The van der Waals surface area contributed by atoms with Gasteiger partial charge in [-0.25, -0.2) is 4.98 Å². The molecule has 0 radical (unpaired) electrons. The van der Waals surface area contributed by atoms with Crippen molar-refractivity contribution in [1.82, 2.24) is 14.8 Å². The van der Waals surface area contributed by atoms with Gasteiger partial charge in [0, 0.05) is 43.0 Å². The zero-order valence-electron chi connectivity index (χ0n) is 19.2. The van der Waals surface area contributed by atoms with Gasteiger partial charge < -0.3 is 14.5 Å². The van der Waals surface area contributed by atoms with Gasteiger partial charge in [-0.15, -0.1) is 11.3 Å². The number of rotatable bonds is 4. The van der Waals surface area contributed by atoms with E-state index in [2.05, 4.69) is 18.2 Å². The van der Waals surface area contributed by atoms with Crippen molar-refractivity contribution in [3.8, 4) is 5.75 Å². The molecule has 2 aliphatic rings. The van der Waals surface area contributed by atoms with Crippen molar-refractivity contribution in [2.45, 2.75) is 31.6 Å². The van der Waals surface area contributed by atoms with Gasteiger partial charge in [0.25, 0.3) is 5.91 Å². The second-order valence-electron chi connectivity index (χ2n) is 9.03. The van der Waals surface area contributed by atoms with Crippen LogP contribution in [0.1, 0.15) is 47.0 Å². The summed E-state index contributed by atoms with van der Waals surface area (Å²) < 4.78 is 6.57. The summed E-state index contributed by atoms with van der Waals surface area (Å²) in [4.78, 5) is 34.9. The standard InChI is InChI=1S/C26H28ClN3O3S/c1-33-22-7-6-19(27)16-20(22)26(32)30-14-10-18(11-15-30)25(31)29-12-8-17(9-13-29)24-28-21-4-2-3-5-23(21)34-24/h2-7,16-18H,8-15H2,1H3. The lowest BCUT2D eigenvalue weighted by Crippen LogP contribution is -2.46. The molecule has 2 aromatic carbocycles. The minimum absolute atomic E-state index is 0.0238. The van der Waals surface area contributed by atoms with Crippen LogP contribution >= 0.6 is 22.9 Å². The topological polar surface area (TPSA) is 62.7 Å². The zero-order valence-corrected chi connectivity index (χ0v) is 20.8. The number of ether oxygens (including phenoxy) is 1. The number of nitrogens with zero attached hydrogens (tertiary/aromatic N) is 3. The molecule has 2 fully saturated rings. The van der Waals surface area contributed by atoms with Crippen molar-refractivity contribution in [3.05, 3.63) is 58.1 Å². The highest BCUT2D eigenvalue weighted by Gasteiger charge is 2.33. The fourth-order valence-electron chi connectivity index (χ4n) is 5.02. The number of aromatic nitrogens is 1. The highest BCUT2D eigenvalue weighted by molar-refractivity contribution is 7.18. The first-order chi connectivity index (χ1) is 16.5. The largest absolute Gasteiger partial charge is 0.496 e. The first-order valence-electron chi connectivity index (χ1n) is 11.8. The van der Waals surface area contributed by atoms with Crippen molar-refractivity contribution in [2.75, 3.05) is 33.3 Å². The molecular weight excluding hydrogens is 470 g/mol. The number of fused-ring (bicyclic) bond motifs is 1. The number of thiazole rings is 1. The smallest absolute Gasteiger partial charge is 0.257 e. The van der Waals surface area contributed by atoms with Crippen LogP contribution in [0.2, 0.25) is 5.02 Å². The third-order valence-corrected chi connectivity index (χ3v) is 8.42. The maximum atomic E-state index is 13.2. The van der Waals surface area contributed by atoms with Crippen molar-refractivity contribution >= 4 is 45.0 Å². The lowest BCUT2D eigenvalue weighted by atomic mass is 9.92. The van der Waals surface area contributed by atoms with Gasteiger partial charge >= 0.3 is 0 Å². The Morgan fingerprint density at radius 3 is 2.41 bits per heavy atom. The van der Waals surface area contributed by atoms with Crippen molar-refractivity contribution in [2.24, 2.45) is 5.92 Å². The molecule has 2 saturated heterocycles. The van der Waals surface area contributed by atoms with Crippen molar-refractivity contribution in [1.29, 1.82) is 0 Å². The summed E-state index contributed by atoms with van der Waals surface area (Å²) >= 11 is 7.87. The SMILES string of the molecule is COc1ccc(Cl)cc1C(=O)N1CCC(C(=O)N2CCC(c3nc4ccccc4s3)CC2)CC1. The number of benzene rings is 2. The van der Waals surface area contributed by atoms with Crippen LogP contribution < -0.4 is 4.74 Å². The molecule has 0 atom stereocenters. The van der Waals surface area contributed by atoms with Gasteiger partial charge in [-0.2, -0.15) is 0 Å². The fourth-order valence-corrected chi connectivity index (χ4v) is 6.33. The molecule has 34 heavy (non-hydrogen) atoms. The fraction of sp³-hybridized carbons (Fsp3) is 0.423. The van der Waals surface area contributed by atoms with E-state index in [1.807, 2.05) is 11.0 Å².